The molecule has 1 heterocycles. The van der Waals surface area contributed by atoms with Crippen molar-refractivity contribution in [1.29, 1.82) is 0 Å². The Hall–Kier alpha value is -1.18. The monoisotopic (exact) mass is 315 g/mol. The molecule has 7 heteroatoms. The second-order valence-corrected chi connectivity index (χ2v) is 7.39. The number of anilines is 1. The smallest absolute Gasteiger partial charge is 0.209 e. The van der Waals surface area contributed by atoms with Gasteiger partial charge in [0.15, 0.2) is 0 Å². The molecule has 0 aliphatic carbocycles. The van der Waals surface area contributed by atoms with E-state index in [2.05, 4.69) is 21.6 Å². The molecule has 1 aliphatic heterocycles. The Bertz CT molecular complexity index is 598. The van der Waals surface area contributed by atoms with Crippen LogP contribution in [0.15, 0.2) is 18.2 Å². The van der Waals surface area contributed by atoms with Crippen LogP contribution in [0.1, 0.15) is 18.5 Å². The molecule has 21 heavy (non-hydrogen) atoms. The van der Waals surface area contributed by atoms with E-state index in [1.54, 1.807) is 13.0 Å². The van der Waals surface area contributed by atoms with E-state index in [0.717, 1.165) is 38.1 Å². The maximum atomic E-state index is 13.6. The van der Waals surface area contributed by atoms with Crippen molar-refractivity contribution in [3.8, 4) is 0 Å². The maximum absolute atomic E-state index is 13.6. The molecule has 0 saturated carbocycles. The summed E-state index contributed by atoms with van der Waals surface area (Å²) in [6.07, 6.45) is 1.11. The van der Waals surface area contributed by atoms with Gasteiger partial charge in [-0.1, -0.05) is 0 Å². The molecule has 1 N–H and O–H groups in total. The third-order valence-corrected chi connectivity index (χ3v) is 4.47. The van der Waals surface area contributed by atoms with Crippen molar-refractivity contribution in [3.63, 3.8) is 0 Å². The molecule has 1 atom stereocenters. The predicted octanol–water partition coefficient (Wildman–Crippen LogP) is 1.19. The van der Waals surface area contributed by atoms with Crippen molar-refractivity contribution in [2.24, 2.45) is 0 Å². The van der Waals surface area contributed by atoms with Crippen LogP contribution in [0.25, 0.3) is 0 Å². The van der Waals surface area contributed by atoms with Crippen molar-refractivity contribution < 1.29 is 12.8 Å². The van der Waals surface area contributed by atoms with Gasteiger partial charge in [-0.2, -0.15) is 0 Å². The zero-order valence-corrected chi connectivity index (χ0v) is 13.5. The number of rotatable bonds is 4. The SMILES string of the molecule is CC(NS(C)(=O)=O)c1cc(F)ccc1N1CCN(C)CC1. The fraction of sp³-hybridized carbons (Fsp3) is 0.571. The summed E-state index contributed by atoms with van der Waals surface area (Å²) < 4.78 is 38.9. The van der Waals surface area contributed by atoms with Crippen molar-refractivity contribution in [1.82, 2.24) is 9.62 Å². The molecule has 0 radical (unpaired) electrons. The summed E-state index contributed by atoms with van der Waals surface area (Å²) in [5.74, 6) is -0.356. The Balaban J connectivity index is 2.29. The lowest BCUT2D eigenvalue weighted by atomic mass is 10.0. The number of hydrogen-bond donors (Lipinski definition) is 1. The number of halogens is 1. The minimum absolute atomic E-state index is 0.356. The lowest BCUT2D eigenvalue weighted by Crippen LogP contribution is -2.45. The molecule has 0 bridgehead atoms. The molecule has 5 nitrogen and oxygen atoms in total. The molecule has 118 valence electrons. The van der Waals surface area contributed by atoms with E-state index in [1.165, 1.54) is 12.1 Å². The average molecular weight is 315 g/mol. The van der Waals surface area contributed by atoms with E-state index < -0.39 is 16.1 Å². The molecule has 1 fully saturated rings. The molecular weight excluding hydrogens is 293 g/mol. The Morgan fingerprint density at radius 2 is 1.86 bits per heavy atom. The summed E-state index contributed by atoms with van der Waals surface area (Å²) in [5, 5.41) is 0. The molecule has 0 amide bonds. The first-order valence-electron chi connectivity index (χ1n) is 6.96. The van der Waals surface area contributed by atoms with Crippen LogP contribution >= 0.6 is 0 Å². The molecule has 1 aliphatic rings. The van der Waals surface area contributed by atoms with Gasteiger partial charge in [-0.25, -0.2) is 17.5 Å². The summed E-state index contributed by atoms with van der Waals surface area (Å²) in [6, 6.07) is 4.10. The Labute approximate surface area is 125 Å². The number of nitrogens with one attached hydrogen (secondary N) is 1. The van der Waals surface area contributed by atoms with Crippen LogP contribution in [0.2, 0.25) is 0 Å². The number of benzene rings is 1. The van der Waals surface area contributed by atoms with Crippen LogP contribution in [0.3, 0.4) is 0 Å². The van der Waals surface area contributed by atoms with Crippen LogP contribution in [0, 0.1) is 5.82 Å². The van der Waals surface area contributed by atoms with Gasteiger partial charge in [0, 0.05) is 37.9 Å². The van der Waals surface area contributed by atoms with E-state index in [9.17, 15) is 12.8 Å². The van der Waals surface area contributed by atoms with Gasteiger partial charge < -0.3 is 9.80 Å². The second kappa shape index (κ2) is 6.29. The van der Waals surface area contributed by atoms with E-state index in [1.807, 2.05) is 0 Å². The fourth-order valence-corrected chi connectivity index (χ4v) is 3.36. The van der Waals surface area contributed by atoms with E-state index in [4.69, 9.17) is 0 Å². The van der Waals surface area contributed by atoms with Crippen LogP contribution in [0.4, 0.5) is 10.1 Å². The van der Waals surface area contributed by atoms with Gasteiger partial charge in [-0.05, 0) is 37.7 Å². The highest BCUT2D eigenvalue weighted by atomic mass is 32.2. The molecular formula is C14H22FN3O2S. The molecule has 1 aromatic carbocycles. The van der Waals surface area contributed by atoms with E-state index in [-0.39, 0.29) is 5.82 Å². The minimum Gasteiger partial charge on any atom is -0.369 e. The highest BCUT2D eigenvalue weighted by molar-refractivity contribution is 7.88. The highest BCUT2D eigenvalue weighted by Crippen LogP contribution is 2.28. The van der Waals surface area contributed by atoms with Gasteiger partial charge in [0.1, 0.15) is 5.82 Å². The molecule has 1 unspecified atom stereocenters. The van der Waals surface area contributed by atoms with Crippen LogP contribution in [0.5, 0.6) is 0 Å². The topological polar surface area (TPSA) is 52.7 Å². The number of sulfonamides is 1. The maximum Gasteiger partial charge on any atom is 0.209 e. The van der Waals surface area contributed by atoms with Crippen LogP contribution in [-0.2, 0) is 10.0 Å². The predicted molar refractivity (Wildman–Crippen MR) is 82.5 cm³/mol. The average Bonchev–Trinajstić information content (AvgIpc) is 2.38. The number of likely N-dealkylation sites (N-methyl/N-ethyl adjacent to an activating group) is 1. The quantitative estimate of drug-likeness (QED) is 0.907. The molecule has 1 saturated heterocycles. The molecule has 1 aromatic rings. The number of hydrogen-bond acceptors (Lipinski definition) is 4. The standard InChI is InChI=1S/C14H22FN3O2S/c1-11(16-21(3,19)20)13-10-12(15)4-5-14(13)18-8-6-17(2)7-9-18/h4-5,10-11,16H,6-9H2,1-3H3. The molecule has 0 aromatic heterocycles. The zero-order chi connectivity index (χ0) is 15.6. The summed E-state index contributed by atoms with van der Waals surface area (Å²) in [5.41, 5.74) is 1.57. The number of piperazine rings is 1. The van der Waals surface area contributed by atoms with E-state index in [0.29, 0.717) is 5.56 Å². The first kappa shape index (κ1) is 16.2. The third-order valence-electron chi connectivity index (χ3n) is 3.69. The summed E-state index contributed by atoms with van der Waals surface area (Å²) in [4.78, 5) is 4.41. The molecule has 0 spiro atoms. The first-order chi connectivity index (χ1) is 9.76. The van der Waals surface area contributed by atoms with Crippen LogP contribution in [-0.4, -0.2) is 52.8 Å². The van der Waals surface area contributed by atoms with Gasteiger partial charge in [-0.3, -0.25) is 0 Å². The summed E-state index contributed by atoms with van der Waals surface area (Å²) in [7, 11) is -1.27. The van der Waals surface area contributed by atoms with Crippen LogP contribution < -0.4 is 9.62 Å². The van der Waals surface area contributed by atoms with Gasteiger partial charge in [0.2, 0.25) is 10.0 Å². The lowest BCUT2D eigenvalue weighted by molar-refractivity contribution is 0.312. The normalized spacial score (nSPS) is 18.8. The van der Waals surface area contributed by atoms with Crippen molar-refractivity contribution in [2.75, 3.05) is 44.4 Å². The zero-order valence-electron chi connectivity index (χ0n) is 12.6. The summed E-state index contributed by atoms with van der Waals surface area (Å²) >= 11 is 0. The Kier molecular flexibility index (Phi) is 4.85. The third kappa shape index (κ3) is 4.39. The Morgan fingerprint density at radius 1 is 1.24 bits per heavy atom. The van der Waals surface area contributed by atoms with Crippen molar-refractivity contribution in [2.45, 2.75) is 13.0 Å². The largest absolute Gasteiger partial charge is 0.369 e. The number of nitrogens with zero attached hydrogens (tertiary/aromatic N) is 2. The first-order valence-corrected chi connectivity index (χ1v) is 8.85. The molecule has 2 rings (SSSR count). The minimum atomic E-state index is -3.34. The van der Waals surface area contributed by atoms with Gasteiger partial charge in [-0.15, -0.1) is 0 Å². The van der Waals surface area contributed by atoms with Gasteiger partial charge in [0.25, 0.3) is 0 Å². The van der Waals surface area contributed by atoms with Gasteiger partial charge >= 0.3 is 0 Å². The van der Waals surface area contributed by atoms with Gasteiger partial charge in [0.05, 0.1) is 6.26 Å². The second-order valence-electron chi connectivity index (χ2n) is 5.61. The fourth-order valence-electron chi connectivity index (χ4n) is 2.59. The van der Waals surface area contributed by atoms with Crippen molar-refractivity contribution >= 4 is 15.7 Å². The lowest BCUT2D eigenvalue weighted by Gasteiger charge is -2.36. The van der Waals surface area contributed by atoms with Crippen molar-refractivity contribution in [3.05, 3.63) is 29.6 Å². The van der Waals surface area contributed by atoms with E-state index >= 15 is 0 Å². The highest BCUT2D eigenvalue weighted by Gasteiger charge is 2.21. The summed E-state index contributed by atoms with van der Waals surface area (Å²) in [6.45, 7) is 5.30. The Morgan fingerprint density at radius 3 is 2.43 bits per heavy atom.